The monoisotopic (exact) mass is 171 g/mol. The van der Waals surface area contributed by atoms with Crippen LogP contribution in [-0.4, -0.2) is 32.1 Å². The van der Waals surface area contributed by atoms with Gasteiger partial charge in [-0.15, -0.1) is 0 Å². The summed E-state index contributed by atoms with van der Waals surface area (Å²) in [5.74, 6) is -0.249. The highest BCUT2D eigenvalue weighted by Crippen LogP contribution is 2.11. The zero-order chi connectivity index (χ0) is 9.72. The first kappa shape index (κ1) is 11.0. The average Bonchev–Trinajstić information content (AvgIpc) is 2.03. The minimum absolute atomic E-state index is 0.249. The molecule has 0 spiro atoms. The number of methoxy groups -OCH3 is 1. The third-order valence-electron chi connectivity index (χ3n) is 1.80. The van der Waals surface area contributed by atoms with Gasteiger partial charge in [0.05, 0.1) is 12.7 Å². The quantitative estimate of drug-likeness (QED) is 0.475. The standard InChI is InChI=1S/C9H17NO2/c1-6-8(10(3)4)7(2)9(11)12-5/h6H2,1-5H3/b8-7+. The van der Waals surface area contributed by atoms with Crippen molar-refractivity contribution in [2.24, 2.45) is 0 Å². The Morgan fingerprint density at radius 1 is 1.42 bits per heavy atom. The normalized spacial score (nSPS) is 12.1. The predicted molar refractivity (Wildman–Crippen MR) is 48.7 cm³/mol. The summed E-state index contributed by atoms with van der Waals surface area (Å²) in [4.78, 5) is 13.0. The Balaban J connectivity index is 4.71. The molecule has 0 saturated heterocycles. The molecule has 0 atom stereocenters. The van der Waals surface area contributed by atoms with Gasteiger partial charge in [0.25, 0.3) is 0 Å². The van der Waals surface area contributed by atoms with Crippen molar-refractivity contribution >= 4 is 5.97 Å². The van der Waals surface area contributed by atoms with Crippen molar-refractivity contribution < 1.29 is 9.53 Å². The summed E-state index contributed by atoms with van der Waals surface area (Å²) in [5.41, 5.74) is 1.70. The summed E-state index contributed by atoms with van der Waals surface area (Å²) < 4.78 is 4.62. The van der Waals surface area contributed by atoms with E-state index in [-0.39, 0.29) is 5.97 Å². The van der Waals surface area contributed by atoms with Gasteiger partial charge in [0.2, 0.25) is 0 Å². The van der Waals surface area contributed by atoms with Crippen molar-refractivity contribution in [3.05, 3.63) is 11.3 Å². The lowest BCUT2D eigenvalue weighted by molar-refractivity contribution is -0.136. The minimum Gasteiger partial charge on any atom is -0.466 e. The lowest BCUT2D eigenvalue weighted by Gasteiger charge is -2.17. The van der Waals surface area contributed by atoms with Crippen LogP contribution in [0.5, 0.6) is 0 Å². The molecule has 0 fully saturated rings. The summed E-state index contributed by atoms with van der Waals surface area (Å²) in [6.45, 7) is 3.80. The molecular formula is C9H17NO2. The topological polar surface area (TPSA) is 29.5 Å². The van der Waals surface area contributed by atoms with Gasteiger partial charge in [0, 0.05) is 19.8 Å². The van der Waals surface area contributed by atoms with Gasteiger partial charge >= 0.3 is 5.97 Å². The van der Waals surface area contributed by atoms with Crippen molar-refractivity contribution in [1.29, 1.82) is 0 Å². The van der Waals surface area contributed by atoms with Crippen LogP contribution in [-0.2, 0) is 9.53 Å². The molecule has 3 nitrogen and oxygen atoms in total. The number of carbonyl (C=O) groups is 1. The zero-order valence-corrected chi connectivity index (χ0v) is 8.47. The Hall–Kier alpha value is -0.990. The van der Waals surface area contributed by atoms with Crippen LogP contribution in [0.25, 0.3) is 0 Å². The lowest BCUT2D eigenvalue weighted by Crippen LogP contribution is -2.16. The number of carbonyl (C=O) groups excluding carboxylic acids is 1. The van der Waals surface area contributed by atoms with Crippen LogP contribution in [0, 0.1) is 0 Å². The number of nitrogens with zero attached hydrogens (tertiary/aromatic N) is 1. The van der Waals surface area contributed by atoms with Crippen LogP contribution in [0.4, 0.5) is 0 Å². The molecule has 0 rings (SSSR count). The van der Waals surface area contributed by atoms with Gasteiger partial charge in [-0.1, -0.05) is 6.92 Å². The first-order valence-electron chi connectivity index (χ1n) is 4.00. The van der Waals surface area contributed by atoms with E-state index in [1.54, 1.807) is 6.92 Å². The highest BCUT2D eigenvalue weighted by atomic mass is 16.5. The zero-order valence-electron chi connectivity index (χ0n) is 8.47. The molecule has 12 heavy (non-hydrogen) atoms. The van der Waals surface area contributed by atoms with Crippen molar-refractivity contribution in [2.45, 2.75) is 20.3 Å². The van der Waals surface area contributed by atoms with Crippen molar-refractivity contribution in [1.82, 2.24) is 4.90 Å². The number of hydrogen-bond donors (Lipinski definition) is 0. The summed E-state index contributed by atoms with van der Waals surface area (Å²) in [6.07, 6.45) is 0.841. The molecule has 0 N–H and O–H groups in total. The van der Waals surface area contributed by atoms with Gasteiger partial charge in [-0.05, 0) is 13.3 Å². The molecule has 0 saturated carbocycles. The summed E-state index contributed by atoms with van der Waals surface area (Å²) in [7, 11) is 5.24. The Labute approximate surface area is 74.0 Å². The maximum Gasteiger partial charge on any atom is 0.335 e. The summed E-state index contributed by atoms with van der Waals surface area (Å²) in [6, 6.07) is 0. The maximum atomic E-state index is 11.1. The number of rotatable bonds is 3. The molecule has 70 valence electrons. The van der Waals surface area contributed by atoms with E-state index in [0.717, 1.165) is 12.1 Å². The van der Waals surface area contributed by atoms with Crippen LogP contribution in [0.1, 0.15) is 20.3 Å². The Morgan fingerprint density at radius 2 is 1.92 bits per heavy atom. The molecule has 0 aliphatic heterocycles. The molecule has 0 aliphatic rings. The molecule has 0 unspecified atom stereocenters. The maximum absolute atomic E-state index is 11.1. The van der Waals surface area contributed by atoms with Crippen LogP contribution < -0.4 is 0 Å². The third-order valence-corrected chi connectivity index (χ3v) is 1.80. The molecule has 0 aromatic carbocycles. The van der Waals surface area contributed by atoms with E-state index in [2.05, 4.69) is 4.74 Å². The molecule has 0 amide bonds. The van der Waals surface area contributed by atoms with Gasteiger partial charge in [0.1, 0.15) is 0 Å². The second-order valence-corrected chi connectivity index (χ2v) is 2.81. The van der Waals surface area contributed by atoms with E-state index in [4.69, 9.17) is 0 Å². The molecular weight excluding hydrogens is 154 g/mol. The predicted octanol–water partition coefficient (Wildman–Crippen LogP) is 1.41. The molecule has 3 heteroatoms. The second kappa shape index (κ2) is 4.80. The second-order valence-electron chi connectivity index (χ2n) is 2.81. The van der Waals surface area contributed by atoms with Crippen LogP contribution >= 0.6 is 0 Å². The van der Waals surface area contributed by atoms with E-state index < -0.39 is 0 Å². The van der Waals surface area contributed by atoms with Crippen molar-refractivity contribution in [3.8, 4) is 0 Å². The fourth-order valence-corrected chi connectivity index (χ4v) is 1.19. The molecule has 0 radical (unpaired) electrons. The van der Waals surface area contributed by atoms with E-state index in [9.17, 15) is 4.79 Å². The molecule has 0 aliphatic carbocycles. The molecule has 0 bridgehead atoms. The smallest absolute Gasteiger partial charge is 0.335 e. The number of esters is 1. The summed E-state index contributed by atoms with van der Waals surface area (Å²) in [5, 5.41) is 0. The van der Waals surface area contributed by atoms with Gasteiger partial charge < -0.3 is 9.64 Å². The summed E-state index contributed by atoms with van der Waals surface area (Å²) >= 11 is 0. The molecule has 0 heterocycles. The first-order valence-corrected chi connectivity index (χ1v) is 4.00. The van der Waals surface area contributed by atoms with E-state index in [0.29, 0.717) is 5.57 Å². The Bertz CT molecular complexity index is 195. The van der Waals surface area contributed by atoms with Crippen LogP contribution in [0.15, 0.2) is 11.3 Å². The fraction of sp³-hybridized carbons (Fsp3) is 0.667. The molecule has 0 aromatic heterocycles. The van der Waals surface area contributed by atoms with Gasteiger partial charge in [0.15, 0.2) is 0 Å². The lowest BCUT2D eigenvalue weighted by atomic mass is 10.2. The van der Waals surface area contributed by atoms with Gasteiger partial charge in [-0.3, -0.25) is 0 Å². The number of allylic oxidation sites excluding steroid dienone is 1. The van der Waals surface area contributed by atoms with Crippen LogP contribution in [0.3, 0.4) is 0 Å². The number of ether oxygens (including phenoxy) is 1. The largest absolute Gasteiger partial charge is 0.466 e. The van der Waals surface area contributed by atoms with Crippen molar-refractivity contribution in [2.75, 3.05) is 21.2 Å². The Morgan fingerprint density at radius 3 is 2.17 bits per heavy atom. The Kier molecular flexibility index (Phi) is 4.40. The van der Waals surface area contributed by atoms with Crippen molar-refractivity contribution in [3.63, 3.8) is 0 Å². The average molecular weight is 171 g/mol. The van der Waals surface area contributed by atoms with E-state index in [1.165, 1.54) is 7.11 Å². The SMILES string of the molecule is CC/C(=C(/C)C(=O)OC)N(C)C. The first-order chi connectivity index (χ1) is 5.54. The van der Waals surface area contributed by atoms with E-state index >= 15 is 0 Å². The highest BCUT2D eigenvalue weighted by molar-refractivity contribution is 5.88. The third kappa shape index (κ3) is 2.57. The van der Waals surface area contributed by atoms with E-state index in [1.807, 2.05) is 25.9 Å². The minimum atomic E-state index is -0.249. The highest BCUT2D eigenvalue weighted by Gasteiger charge is 2.10. The number of hydrogen-bond acceptors (Lipinski definition) is 3. The van der Waals surface area contributed by atoms with Gasteiger partial charge in [-0.2, -0.15) is 0 Å². The van der Waals surface area contributed by atoms with Gasteiger partial charge in [-0.25, -0.2) is 4.79 Å². The fourth-order valence-electron chi connectivity index (χ4n) is 1.19. The molecule has 0 aromatic rings. The van der Waals surface area contributed by atoms with Crippen LogP contribution in [0.2, 0.25) is 0 Å².